The highest BCUT2D eigenvalue weighted by Crippen LogP contribution is 2.29. The lowest BCUT2D eigenvalue weighted by Gasteiger charge is -2.07. The average Bonchev–Trinajstić information content (AvgIpc) is 2.64. The van der Waals surface area contributed by atoms with Crippen LogP contribution in [0.5, 0.6) is 0 Å². The lowest BCUT2D eigenvalue weighted by molar-refractivity contribution is -0.137. The van der Waals surface area contributed by atoms with Crippen molar-refractivity contribution in [1.29, 1.82) is 0 Å². The van der Waals surface area contributed by atoms with Gasteiger partial charge in [0.2, 0.25) is 0 Å². The molecule has 1 aromatic heterocycles. The molecule has 0 atom stereocenters. The van der Waals surface area contributed by atoms with Gasteiger partial charge in [-0.05, 0) is 38.1 Å². The minimum absolute atomic E-state index is 0.00454. The van der Waals surface area contributed by atoms with Gasteiger partial charge < -0.3 is 0 Å². The number of hydrogen-bond donors (Lipinski definition) is 1. The van der Waals surface area contributed by atoms with Gasteiger partial charge in [-0.3, -0.25) is 14.7 Å². The first-order chi connectivity index (χ1) is 9.21. The van der Waals surface area contributed by atoms with Crippen molar-refractivity contribution in [2.45, 2.75) is 20.0 Å². The monoisotopic (exact) mass is 284 g/mol. The average molecular weight is 284 g/mol. The normalized spacial score (nSPS) is 11.7. The molecule has 0 spiro atoms. The fourth-order valence-electron chi connectivity index (χ4n) is 1.94. The molecule has 4 nitrogen and oxygen atoms in total. The van der Waals surface area contributed by atoms with Crippen LogP contribution in [0.15, 0.2) is 29.1 Å². The van der Waals surface area contributed by atoms with Gasteiger partial charge in [-0.2, -0.15) is 13.2 Å². The number of alkyl halides is 3. The van der Waals surface area contributed by atoms with Gasteiger partial charge in [0.15, 0.2) is 5.78 Å². The summed E-state index contributed by atoms with van der Waals surface area (Å²) in [5.41, 5.74) is -0.759. The number of rotatable bonds is 2. The Morgan fingerprint density at radius 1 is 1.20 bits per heavy atom. The molecule has 0 saturated carbocycles. The maximum absolute atomic E-state index is 12.5. The Labute approximate surface area is 111 Å². The van der Waals surface area contributed by atoms with Crippen molar-refractivity contribution in [2.24, 2.45) is 0 Å². The number of hydrogen-bond acceptors (Lipinski definition) is 2. The van der Waals surface area contributed by atoms with Crippen molar-refractivity contribution < 1.29 is 18.0 Å². The van der Waals surface area contributed by atoms with Gasteiger partial charge in [-0.1, -0.05) is 0 Å². The Hall–Kier alpha value is -2.31. The number of H-pyrrole nitrogens is 1. The highest BCUT2D eigenvalue weighted by Gasteiger charge is 2.30. The molecule has 0 fully saturated rings. The van der Waals surface area contributed by atoms with E-state index >= 15 is 0 Å². The van der Waals surface area contributed by atoms with Crippen LogP contribution in [0.2, 0.25) is 0 Å². The highest BCUT2D eigenvalue weighted by molar-refractivity contribution is 5.94. The lowest BCUT2D eigenvalue weighted by Crippen LogP contribution is -2.19. The number of aromatic nitrogens is 2. The zero-order valence-electron chi connectivity index (χ0n) is 10.7. The van der Waals surface area contributed by atoms with E-state index in [1.807, 2.05) is 0 Å². The molecule has 0 radical (unpaired) electrons. The molecule has 0 aliphatic heterocycles. The Morgan fingerprint density at radius 2 is 1.75 bits per heavy atom. The SMILES string of the molecule is CC(=O)c1c(C)[nH]n(-c2ccc(C(F)(F)F)cc2)c1=O. The van der Waals surface area contributed by atoms with Gasteiger partial charge in [-0.15, -0.1) is 0 Å². The van der Waals surface area contributed by atoms with Crippen LogP contribution >= 0.6 is 0 Å². The minimum atomic E-state index is -4.43. The Kier molecular flexibility index (Phi) is 3.29. The molecule has 0 unspecified atom stereocenters. The molecule has 20 heavy (non-hydrogen) atoms. The smallest absolute Gasteiger partial charge is 0.295 e. The third kappa shape index (κ3) is 2.38. The second-order valence-electron chi connectivity index (χ2n) is 4.35. The molecule has 106 valence electrons. The van der Waals surface area contributed by atoms with Gasteiger partial charge >= 0.3 is 6.18 Å². The van der Waals surface area contributed by atoms with Gasteiger partial charge in [0, 0.05) is 5.69 Å². The number of halogens is 3. The number of Topliss-reactive ketones (excluding diaryl/α,β-unsaturated/α-hetero) is 1. The number of carbonyl (C=O) groups is 1. The number of nitrogens with zero attached hydrogens (tertiary/aromatic N) is 1. The van der Waals surface area contributed by atoms with E-state index in [1.54, 1.807) is 6.92 Å². The van der Waals surface area contributed by atoms with Crippen molar-refractivity contribution in [1.82, 2.24) is 9.78 Å². The summed E-state index contributed by atoms with van der Waals surface area (Å²) in [5.74, 6) is -0.394. The van der Waals surface area contributed by atoms with Crippen LogP contribution in [0.4, 0.5) is 13.2 Å². The van der Waals surface area contributed by atoms with E-state index in [-0.39, 0.29) is 11.3 Å². The van der Waals surface area contributed by atoms with Crippen LogP contribution in [0.25, 0.3) is 5.69 Å². The second kappa shape index (κ2) is 4.66. The molecular formula is C13H11F3N2O2. The van der Waals surface area contributed by atoms with Crippen LogP contribution in [0.1, 0.15) is 28.5 Å². The fraction of sp³-hybridized carbons (Fsp3) is 0.231. The summed E-state index contributed by atoms with van der Waals surface area (Å²) in [6.45, 7) is 2.81. The summed E-state index contributed by atoms with van der Waals surface area (Å²) in [4.78, 5) is 23.3. The summed E-state index contributed by atoms with van der Waals surface area (Å²) in [5, 5.41) is 2.67. The fourth-order valence-corrected chi connectivity index (χ4v) is 1.94. The number of aromatic amines is 1. The van der Waals surface area contributed by atoms with Gasteiger partial charge in [-0.25, -0.2) is 4.68 Å². The molecule has 0 saturated heterocycles. The van der Waals surface area contributed by atoms with E-state index in [0.717, 1.165) is 16.8 Å². The first kappa shape index (κ1) is 14.1. The molecule has 0 amide bonds. The van der Waals surface area contributed by atoms with Crippen LogP contribution in [-0.2, 0) is 6.18 Å². The van der Waals surface area contributed by atoms with Gasteiger partial charge in [0.25, 0.3) is 5.56 Å². The highest BCUT2D eigenvalue weighted by atomic mass is 19.4. The maximum atomic E-state index is 12.5. The minimum Gasteiger partial charge on any atom is -0.295 e. The van der Waals surface area contributed by atoms with Crippen molar-refractivity contribution in [3.05, 3.63) is 51.4 Å². The van der Waals surface area contributed by atoms with Crippen LogP contribution in [0.3, 0.4) is 0 Å². The first-order valence-corrected chi connectivity index (χ1v) is 5.72. The largest absolute Gasteiger partial charge is 0.416 e. The topological polar surface area (TPSA) is 54.9 Å². The third-order valence-corrected chi connectivity index (χ3v) is 2.88. The Morgan fingerprint density at radius 3 is 2.15 bits per heavy atom. The summed E-state index contributed by atoms with van der Waals surface area (Å²) in [6.07, 6.45) is -4.43. The number of aryl methyl sites for hydroxylation is 1. The molecular weight excluding hydrogens is 273 g/mol. The molecule has 0 aliphatic rings. The number of nitrogens with one attached hydrogen (secondary N) is 1. The van der Waals surface area contributed by atoms with Gasteiger partial charge in [0.1, 0.15) is 5.56 Å². The predicted octanol–water partition coefficient (Wildman–Crippen LogP) is 2.70. The molecule has 0 bridgehead atoms. The number of ketones is 1. The lowest BCUT2D eigenvalue weighted by atomic mass is 10.2. The number of benzene rings is 1. The van der Waals surface area contributed by atoms with Crippen LogP contribution < -0.4 is 5.56 Å². The molecule has 0 aliphatic carbocycles. The van der Waals surface area contributed by atoms with E-state index in [2.05, 4.69) is 5.10 Å². The van der Waals surface area contributed by atoms with E-state index in [9.17, 15) is 22.8 Å². The van der Waals surface area contributed by atoms with Crippen LogP contribution in [-0.4, -0.2) is 15.6 Å². The standard InChI is InChI=1S/C13H11F3N2O2/c1-7-11(8(2)19)12(20)18(17-7)10-5-3-9(4-6-10)13(14,15)16/h3-6,17H,1-2H3. The zero-order chi connectivity index (χ0) is 15.1. The molecule has 2 aromatic rings. The van der Waals surface area contributed by atoms with Crippen LogP contribution in [0, 0.1) is 6.92 Å². The zero-order valence-corrected chi connectivity index (χ0v) is 10.7. The summed E-state index contributed by atoms with van der Waals surface area (Å²) in [7, 11) is 0. The predicted molar refractivity (Wildman–Crippen MR) is 66.1 cm³/mol. The van der Waals surface area contributed by atoms with E-state index in [1.165, 1.54) is 19.1 Å². The van der Waals surface area contributed by atoms with E-state index < -0.39 is 23.1 Å². The molecule has 1 aromatic carbocycles. The second-order valence-corrected chi connectivity index (χ2v) is 4.35. The van der Waals surface area contributed by atoms with Crippen molar-refractivity contribution in [3.63, 3.8) is 0 Å². The summed E-state index contributed by atoms with van der Waals surface area (Å²) in [6, 6.07) is 4.10. The Bertz CT molecular complexity index is 709. The summed E-state index contributed by atoms with van der Waals surface area (Å²) < 4.78 is 38.4. The van der Waals surface area contributed by atoms with E-state index in [4.69, 9.17) is 0 Å². The Balaban J connectivity index is 2.51. The molecule has 7 heteroatoms. The van der Waals surface area contributed by atoms with Crippen molar-refractivity contribution in [3.8, 4) is 5.69 Å². The molecule has 1 N–H and O–H groups in total. The molecule has 2 rings (SSSR count). The quantitative estimate of drug-likeness (QED) is 0.862. The number of carbonyl (C=O) groups excluding carboxylic acids is 1. The third-order valence-electron chi connectivity index (χ3n) is 2.88. The van der Waals surface area contributed by atoms with Crippen molar-refractivity contribution in [2.75, 3.05) is 0 Å². The molecule has 1 heterocycles. The maximum Gasteiger partial charge on any atom is 0.416 e. The first-order valence-electron chi connectivity index (χ1n) is 5.72. The van der Waals surface area contributed by atoms with Crippen molar-refractivity contribution >= 4 is 5.78 Å². The van der Waals surface area contributed by atoms with Gasteiger partial charge in [0.05, 0.1) is 11.3 Å². The van der Waals surface area contributed by atoms with E-state index in [0.29, 0.717) is 5.69 Å². The summed E-state index contributed by atoms with van der Waals surface area (Å²) >= 11 is 0.